The molecule has 0 spiro atoms. The summed E-state index contributed by atoms with van der Waals surface area (Å²) in [5.74, 6) is -1.88. The largest absolute Gasteiger partial charge is 0.481 e. The number of rotatable bonds is 10. The lowest BCUT2D eigenvalue weighted by atomic mass is 10.2. The number of carboxylic acids is 1. The molecule has 0 bridgehead atoms. The molecule has 1 unspecified atom stereocenters. The molecule has 1 rings (SSSR count). The number of hydrogen-bond donors (Lipinski definition) is 5. The smallest absolute Gasteiger partial charge is 0.303 e. The summed E-state index contributed by atoms with van der Waals surface area (Å²) < 4.78 is 24.4. The highest BCUT2D eigenvalue weighted by Crippen LogP contribution is 2.25. The number of aliphatic hydroxyl groups is 1. The van der Waals surface area contributed by atoms with E-state index in [0.29, 0.717) is 5.69 Å². The molecule has 0 radical (unpaired) electrons. The third-order valence-electron chi connectivity index (χ3n) is 3.27. The number of amides is 1. The summed E-state index contributed by atoms with van der Waals surface area (Å²) in [5.41, 5.74) is 6.23. The van der Waals surface area contributed by atoms with Gasteiger partial charge in [0.25, 0.3) is 0 Å². The molecule has 1 aromatic carbocycles. The van der Waals surface area contributed by atoms with Gasteiger partial charge in [0.05, 0.1) is 29.4 Å². The second kappa shape index (κ2) is 9.23. The number of nitrogens with one attached hydrogen (secondary N) is 2. The summed E-state index contributed by atoms with van der Waals surface area (Å²) in [7, 11) is -3.70. The number of aliphatic hydroxyl groups excluding tert-OH is 1. The van der Waals surface area contributed by atoms with Gasteiger partial charge in [-0.2, -0.15) is 0 Å². The van der Waals surface area contributed by atoms with E-state index in [9.17, 15) is 18.0 Å². The van der Waals surface area contributed by atoms with Crippen LogP contribution in [-0.2, 0) is 19.4 Å². The molecule has 0 aromatic heterocycles. The number of nitrogen functional groups attached to an aromatic ring is 1. The number of carbonyl (C=O) groups excluding carboxylic acids is 1. The van der Waals surface area contributed by atoms with Crippen molar-refractivity contribution in [2.45, 2.75) is 30.7 Å². The fourth-order valence-electron chi connectivity index (χ4n) is 2.05. The van der Waals surface area contributed by atoms with Crippen molar-refractivity contribution < 1.29 is 28.2 Å². The fraction of sp³-hybridized carbons (Fsp3) is 0.467. The van der Waals surface area contributed by atoms with Gasteiger partial charge in [0.15, 0.2) is 9.84 Å². The van der Waals surface area contributed by atoms with Gasteiger partial charge in [-0.25, -0.2) is 8.42 Å². The Morgan fingerprint density at radius 1 is 1.28 bits per heavy atom. The molecule has 0 fully saturated rings. The van der Waals surface area contributed by atoms with Crippen LogP contribution in [0.3, 0.4) is 0 Å². The van der Waals surface area contributed by atoms with E-state index in [1.807, 2.05) is 0 Å². The van der Waals surface area contributed by atoms with Gasteiger partial charge < -0.3 is 26.6 Å². The maximum atomic E-state index is 12.2. The molecule has 1 amide bonds. The number of carbonyl (C=O) groups is 2. The fourth-order valence-corrected chi connectivity index (χ4v) is 3.31. The quantitative estimate of drug-likeness (QED) is 0.353. The van der Waals surface area contributed by atoms with Crippen LogP contribution < -0.4 is 16.4 Å². The van der Waals surface area contributed by atoms with Gasteiger partial charge in [0.2, 0.25) is 5.91 Å². The zero-order valence-corrected chi connectivity index (χ0v) is 14.7. The second-order valence-corrected chi connectivity index (χ2v) is 7.62. The second-order valence-electron chi connectivity index (χ2n) is 5.54. The van der Waals surface area contributed by atoms with Crippen molar-refractivity contribution in [1.82, 2.24) is 5.32 Å². The summed E-state index contributed by atoms with van der Waals surface area (Å²) in [5, 5.41) is 23.0. The van der Waals surface area contributed by atoms with Crippen molar-refractivity contribution >= 4 is 33.1 Å². The van der Waals surface area contributed by atoms with E-state index in [-0.39, 0.29) is 36.0 Å². The van der Waals surface area contributed by atoms with Crippen molar-refractivity contribution in [1.29, 1.82) is 0 Å². The van der Waals surface area contributed by atoms with E-state index in [4.69, 9.17) is 15.9 Å². The molecule has 0 saturated carbocycles. The third kappa shape index (κ3) is 6.98. The number of nitrogens with two attached hydrogens (primary N) is 1. The van der Waals surface area contributed by atoms with E-state index < -0.39 is 34.1 Å². The van der Waals surface area contributed by atoms with E-state index in [0.717, 1.165) is 0 Å². The van der Waals surface area contributed by atoms with Crippen LogP contribution in [0.4, 0.5) is 11.4 Å². The minimum atomic E-state index is -3.70. The van der Waals surface area contributed by atoms with Crippen LogP contribution in [0.5, 0.6) is 0 Å². The molecule has 0 aliphatic heterocycles. The number of benzene rings is 1. The molecule has 9 nitrogen and oxygen atoms in total. The summed E-state index contributed by atoms with van der Waals surface area (Å²) in [6.07, 6.45) is -0.384. The average molecular weight is 373 g/mol. The Kier molecular flexibility index (Phi) is 7.65. The highest BCUT2D eigenvalue weighted by Gasteiger charge is 2.19. The molecule has 10 heteroatoms. The van der Waals surface area contributed by atoms with Crippen LogP contribution >= 0.6 is 0 Å². The summed E-state index contributed by atoms with van der Waals surface area (Å²) >= 11 is 0. The number of sulfone groups is 1. The molecular weight excluding hydrogens is 350 g/mol. The monoisotopic (exact) mass is 373 g/mol. The Bertz CT molecular complexity index is 720. The van der Waals surface area contributed by atoms with Crippen molar-refractivity contribution in [3.8, 4) is 0 Å². The third-order valence-corrected chi connectivity index (χ3v) is 5.00. The van der Waals surface area contributed by atoms with Crippen molar-refractivity contribution in [2.75, 3.05) is 30.0 Å². The number of anilines is 2. The number of hydrogen-bond acceptors (Lipinski definition) is 7. The zero-order valence-electron chi connectivity index (χ0n) is 13.9. The van der Waals surface area contributed by atoms with E-state index in [1.165, 1.54) is 18.2 Å². The van der Waals surface area contributed by atoms with Crippen LogP contribution in [0.1, 0.15) is 19.8 Å². The first-order chi connectivity index (χ1) is 11.7. The Balaban J connectivity index is 2.74. The van der Waals surface area contributed by atoms with Crippen molar-refractivity contribution in [3.05, 3.63) is 18.2 Å². The van der Waals surface area contributed by atoms with Crippen LogP contribution in [0.2, 0.25) is 0 Å². The van der Waals surface area contributed by atoms with E-state index in [2.05, 4.69) is 10.6 Å². The van der Waals surface area contributed by atoms with Crippen LogP contribution in [-0.4, -0.2) is 55.5 Å². The van der Waals surface area contributed by atoms with Crippen molar-refractivity contribution in [2.24, 2.45) is 0 Å². The highest BCUT2D eigenvalue weighted by molar-refractivity contribution is 7.91. The van der Waals surface area contributed by atoms with Crippen LogP contribution in [0, 0.1) is 0 Å². The number of aliphatic carboxylic acids is 1. The molecule has 140 valence electrons. The van der Waals surface area contributed by atoms with Gasteiger partial charge in [0.1, 0.15) is 0 Å². The Morgan fingerprint density at radius 3 is 2.56 bits per heavy atom. The highest BCUT2D eigenvalue weighted by atomic mass is 32.2. The van der Waals surface area contributed by atoms with Gasteiger partial charge >= 0.3 is 5.97 Å². The summed E-state index contributed by atoms with van der Waals surface area (Å²) in [6, 6.07) is 4.01. The van der Waals surface area contributed by atoms with E-state index >= 15 is 0 Å². The maximum absolute atomic E-state index is 12.2. The topological polar surface area (TPSA) is 159 Å². The van der Waals surface area contributed by atoms with Gasteiger partial charge in [-0.05, 0) is 25.1 Å². The van der Waals surface area contributed by atoms with Gasteiger partial charge in [-0.15, -0.1) is 0 Å². The SMILES string of the molecule is CC(CNc1ccc(N)cc1S(=O)(=O)CCO)NC(=O)CCC(=O)O. The van der Waals surface area contributed by atoms with Crippen molar-refractivity contribution in [3.63, 3.8) is 0 Å². The molecule has 25 heavy (non-hydrogen) atoms. The van der Waals surface area contributed by atoms with Gasteiger partial charge in [-0.1, -0.05) is 0 Å². The normalized spacial score (nSPS) is 12.4. The molecule has 1 aromatic rings. The molecule has 6 N–H and O–H groups in total. The lowest BCUT2D eigenvalue weighted by Crippen LogP contribution is -2.37. The van der Waals surface area contributed by atoms with E-state index in [1.54, 1.807) is 6.92 Å². The van der Waals surface area contributed by atoms with Crippen LogP contribution in [0.15, 0.2) is 23.1 Å². The lowest BCUT2D eigenvalue weighted by Gasteiger charge is -2.18. The lowest BCUT2D eigenvalue weighted by molar-refractivity contribution is -0.138. The Hall–Kier alpha value is -2.33. The standard InChI is InChI=1S/C15H23N3O6S/c1-10(18-14(20)4-5-15(21)22)9-17-12-3-2-11(16)8-13(12)25(23,24)7-6-19/h2-3,8,10,17,19H,4-7,9,16H2,1H3,(H,18,20)(H,21,22). The maximum Gasteiger partial charge on any atom is 0.303 e. The summed E-state index contributed by atoms with van der Waals surface area (Å²) in [6.45, 7) is 1.42. The number of carboxylic acid groups (broad SMARTS) is 1. The molecule has 0 aliphatic rings. The Labute approximate surface area is 146 Å². The minimum Gasteiger partial charge on any atom is -0.481 e. The molecule has 0 aliphatic carbocycles. The first-order valence-electron chi connectivity index (χ1n) is 7.64. The Morgan fingerprint density at radius 2 is 1.96 bits per heavy atom. The molecule has 0 heterocycles. The zero-order chi connectivity index (χ0) is 19.0. The van der Waals surface area contributed by atoms with Gasteiger partial charge in [-0.3, -0.25) is 9.59 Å². The first-order valence-corrected chi connectivity index (χ1v) is 9.29. The predicted octanol–water partition coefficient (Wildman–Crippen LogP) is -0.184. The van der Waals surface area contributed by atoms with Gasteiger partial charge in [0, 0.05) is 24.7 Å². The summed E-state index contributed by atoms with van der Waals surface area (Å²) in [4.78, 5) is 22.0. The first kappa shape index (κ1) is 20.7. The molecular formula is C15H23N3O6S. The van der Waals surface area contributed by atoms with Crippen LogP contribution in [0.25, 0.3) is 0 Å². The minimum absolute atomic E-state index is 0.0223. The molecule has 1 atom stereocenters. The predicted molar refractivity (Wildman–Crippen MR) is 93.0 cm³/mol. The molecule has 0 saturated heterocycles. The average Bonchev–Trinajstić information content (AvgIpc) is 2.51.